The van der Waals surface area contributed by atoms with Gasteiger partial charge in [0.05, 0.1) is 66.1 Å². The number of Topliss-reactive ketones (excluding diaryl/α,β-unsaturated/α-hetero) is 1. The predicted octanol–water partition coefficient (Wildman–Crippen LogP) is 6.23. The molecule has 10 atom stereocenters. The number of amides is 1. The second kappa shape index (κ2) is 19.0. The van der Waals surface area contributed by atoms with E-state index in [-0.39, 0.29) is 50.5 Å². The second-order valence-electron chi connectivity index (χ2n) is 18.3. The van der Waals surface area contributed by atoms with Crippen LogP contribution in [0.3, 0.4) is 0 Å². The number of ketones is 1. The number of aliphatic hydroxyl groups is 2. The van der Waals surface area contributed by atoms with Crippen molar-refractivity contribution in [3.05, 3.63) is 82.7 Å². The van der Waals surface area contributed by atoms with Gasteiger partial charge in [-0.25, -0.2) is 0 Å². The number of benzene rings is 3. The number of rotatable bonds is 4. The van der Waals surface area contributed by atoms with E-state index in [0.29, 0.717) is 19.6 Å². The molecule has 1 saturated heterocycles. The molecule has 5 aliphatic rings. The van der Waals surface area contributed by atoms with Gasteiger partial charge in [-0.2, -0.15) is 5.10 Å². The SMILES string of the molecule is CO[C@H]1/C=C\O[C@@]2(C)Oc3c(C)c(O)c4c(O)c(c(/C=N/N5CCN6c7ccccc7CCC6C5)c(O)c4c3C2=O)NC(=O)/C(C)=C/C=C\[C@H](C)[C@H](O)[C@@H](C)[C@@H](O)[C@@H](C)[C@H](OC(C)=O)[C@@H]1C. The van der Waals surface area contributed by atoms with Crippen LogP contribution in [0.1, 0.15) is 81.9 Å². The fraction of sp³-hybridized carbons (Fsp3) is 0.480. The number of carbonyl (C=O) groups is 3. The summed E-state index contributed by atoms with van der Waals surface area (Å²) in [5.41, 5.74) is 2.15. The van der Waals surface area contributed by atoms with Crippen molar-refractivity contribution in [1.82, 2.24) is 5.01 Å². The number of fused-ring (bicyclic) bond motifs is 17. The van der Waals surface area contributed by atoms with Gasteiger partial charge in [-0.15, -0.1) is 0 Å². The van der Waals surface area contributed by atoms with Crippen molar-refractivity contribution in [3.8, 4) is 23.0 Å². The number of hydrogen-bond donors (Lipinski definition) is 6. The molecule has 16 heteroatoms. The Morgan fingerprint density at radius 3 is 2.39 bits per heavy atom. The largest absolute Gasteiger partial charge is 0.507 e. The van der Waals surface area contributed by atoms with Crippen LogP contribution in [0.4, 0.5) is 11.4 Å². The Kier molecular flexibility index (Phi) is 13.8. The summed E-state index contributed by atoms with van der Waals surface area (Å²) in [7, 11) is 1.44. The van der Waals surface area contributed by atoms with Gasteiger partial charge in [0.25, 0.3) is 11.7 Å². The van der Waals surface area contributed by atoms with Crippen molar-refractivity contribution in [3.63, 3.8) is 0 Å². The summed E-state index contributed by atoms with van der Waals surface area (Å²) in [4.78, 5) is 43.4. The maximum Gasteiger partial charge on any atom is 0.312 e. The number of piperazine rings is 1. The third-order valence-corrected chi connectivity index (χ3v) is 13.9. The minimum absolute atomic E-state index is 0.0555. The number of phenols is 3. The predicted molar refractivity (Wildman–Crippen MR) is 249 cm³/mol. The molecule has 5 bridgehead atoms. The van der Waals surface area contributed by atoms with Gasteiger partial charge in [-0.05, 0) is 44.4 Å². The average molecular weight is 911 g/mol. The maximum absolute atomic E-state index is 14.6. The average Bonchev–Trinajstić information content (AvgIpc) is 3.56. The molecule has 66 heavy (non-hydrogen) atoms. The highest BCUT2D eigenvalue weighted by Gasteiger charge is 2.50. The monoisotopic (exact) mass is 910 g/mol. The number of ether oxygens (including phenoxy) is 4. The summed E-state index contributed by atoms with van der Waals surface area (Å²) in [6.07, 6.45) is 6.75. The maximum atomic E-state index is 14.6. The van der Waals surface area contributed by atoms with E-state index in [1.165, 1.54) is 70.7 Å². The highest BCUT2D eigenvalue weighted by Crippen LogP contribution is 2.55. The summed E-state index contributed by atoms with van der Waals surface area (Å²) >= 11 is 0. The molecule has 354 valence electrons. The van der Waals surface area contributed by atoms with Crippen molar-refractivity contribution < 1.29 is 58.9 Å². The van der Waals surface area contributed by atoms with E-state index < -0.39 is 88.8 Å². The van der Waals surface area contributed by atoms with E-state index in [4.69, 9.17) is 24.0 Å². The molecule has 16 nitrogen and oxygen atoms in total. The van der Waals surface area contributed by atoms with Crippen LogP contribution < -0.4 is 15.0 Å². The number of nitrogens with zero attached hydrogens (tertiary/aromatic N) is 3. The number of hydrogen-bond acceptors (Lipinski definition) is 15. The minimum atomic E-state index is -2.06. The van der Waals surface area contributed by atoms with Crippen molar-refractivity contribution in [2.24, 2.45) is 28.8 Å². The molecule has 8 rings (SSSR count). The molecule has 0 radical (unpaired) electrons. The molecule has 1 unspecified atom stereocenters. The van der Waals surface area contributed by atoms with Crippen molar-refractivity contribution >= 4 is 46.0 Å². The molecule has 1 amide bonds. The van der Waals surface area contributed by atoms with Crippen LogP contribution in [-0.2, 0) is 30.2 Å². The third-order valence-electron chi connectivity index (χ3n) is 13.9. The zero-order valence-corrected chi connectivity index (χ0v) is 38.9. The zero-order valence-electron chi connectivity index (χ0n) is 38.9. The van der Waals surface area contributed by atoms with Crippen LogP contribution in [0.25, 0.3) is 10.8 Å². The number of carbonyl (C=O) groups excluding carboxylic acids is 3. The van der Waals surface area contributed by atoms with Gasteiger partial charge in [0.2, 0.25) is 0 Å². The molecule has 6 N–H and O–H groups in total. The highest BCUT2D eigenvalue weighted by atomic mass is 16.7. The molecular weight excluding hydrogens is 849 g/mol. The molecule has 0 aliphatic carbocycles. The molecule has 0 saturated carbocycles. The summed E-state index contributed by atoms with van der Waals surface area (Å²) in [6.45, 7) is 14.4. The fourth-order valence-corrected chi connectivity index (χ4v) is 9.84. The van der Waals surface area contributed by atoms with E-state index in [0.717, 1.165) is 12.8 Å². The standard InChI is InChI=1S/C50H62N4O12/c1-25-13-12-14-26(2)49(62)52-40-34(23-51-53-20-21-54-33(24-53)18-17-32-15-10-11-16-35(32)54)44(59)37-38(45(40)60)43(58)30(6)47-39(37)48(61)50(8,66-47)64-22-19-36(63-9)27(3)46(65-31(7)55)29(5)42(57)28(4)41(25)56/h10-16,19,22-23,25,27-29,33,36,41-42,46,56-60H,17-18,20-21,24H2,1-9H3,(H,52,62)/b13-12-,22-19-,26-14+,51-23+/t25-,27+,28+,29+,33?,36-,41-,42+,46+,50-/m0/s1. The van der Waals surface area contributed by atoms with Crippen LogP contribution in [0.2, 0.25) is 0 Å². The second-order valence-corrected chi connectivity index (χ2v) is 18.3. The number of aromatic hydroxyl groups is 3. The van der Waals surface area contributed by atoms with Crippen LogP contribution in [0, 0.1) is 30.6 Å². The van der Waals surface area contributed by atoms with E-state index >= 15 is 0 Å². The number of nitrogens with one attached hydrogen (secondary N) is 1. The number of esters is 1. The first kappa shape index (κ1) is 47.9. The Morgan fingerprint density at radius 2 is 1.68 bits per heavy atom. The quantitative estimate of drug-likeness (QED) is 0.0741. The number of phenolic OH excluding ortho intramolecular Hbond substituents is 3. The molecule has 5 heterocycles. The van der Waals surface area contributed by atoms with Gasteiger partial charge >= 0.3 is 11.8 Å². The molecule has 0 spiro atoms. The van der Waals surface area contributed by atoms with Gasteiger partial charge in [0.15, 0.2) is 5.75 Å². The molecule has 1 fully saturated rings. The van der Waals surface area contributed by atoms with Crippen molar-refractivity contribution in [1.29, 1.82) is 0 Å². The Hall–Kier alpha value is -6.10. The zero-order chi connectivity index (χ0) is 47.9. The summed E-state index contributed by atoms with van der Waals surface area (Å²) in [5.74, 6) is -8.39. The third kappa shape index (κ3) is 8.81. The van der Waals surface area contributed by atoms with E-state index in [1.54, 1.807) is 39.8 Å². The topological polar surface area (TPSA) is 220 Å². The van der Waals surface area contributed by atoms with Crippen molar-refractivity contribution in [2.45, 2.75) is 104 Å². The number of allylic oxidation sites excluding steroid dienone is 2. The smallest absolute Gasteiger partial charge is 0.312 e. The van der Waals surface area contributed by atoms with Gasteiger partial charge in [0.1, 0.15) is 23.4 Å². The lowest BCUT2D eigenvalue weighted by molar-refractivity contribution is -0.160. The number of methoxy groups -OCH3 is 1. The fourth-order valence-electron chi connectivity index (χ4n) is 9.84. The van der Waals surface area contributed by atoms with Gasteiger partial charge < -0.3 is 54.7 Å². The van der Waals surface area contributed by atoms with Crippen molar-refractivity contribution in [2.75, 3.05) is 37.0 Å². The number of aryl methyl sites for hydroxylation is 1. The first-order chi connectivity index (χ1) is 31.3. The number of para-hydroxylation sites is 1. The summed E-state index contributed by atoms with van der Waals surface area (Å²) in [5, 5.41) is 68.0. The Balaban J connectivity index is 1.34. The number of hydrazone groups is 1. The first-order valence-corrected chi connectivity index (χ1v) is 22.5. The van der Waals surface area contributed by atoms with E-state index in [2.05, 4.69) is 22.3 Å². The summed E-state index contributed by atoms with van der Waals surface area (Å²) in [6, 6.07) is 8.50. The number of anilines is 2. The lowest BCUT2D eigenvalue weighted by Crippen LogP contribution is -2.53. The Labute approximate surface area is 384 Å². The molecule has 5 aliphatic heterocycles. The van der Waals surface area contributed by atoms with Gasteiger partial charge in [0, 0.05) is 79.4 Å². The van der Waals surface area contributed by atoms with Gasteiger partial charge in [-0.3, -0.25) is 19.4 Å². The first-order valence-electron chi connectivity index (χ1n) is 22.5. The Bertz CT molecular complexity index is 2520. The molecule has 3 aromatic rings. The van der Waals surface area contributed by atoms with Crippen LogP contribution >= 0.6 is 0 Å². The minimum Gasteiger partial charge on any atom is -0.507 e. The van der Waals surface area contributed by atoms with E-state index in [9.17, 15) is 39.9 Å². The number of aliphatic hydroxyl groups excluding tert-OH is 2. The molecular formula is C50H62N4O12. The van der Waals surface area contributed by atoms with Crippen LogP contribution in [0.5, 0.6) is 23.0 Å². The lowest BCUT2D eigenvalue weighted by Gasteiger charge is -2.45. The Morgan fingerprint density at radius 1 is 0.955 bits per heavy atom. The molecule has 3 aromatic carbocycles. The molecule has 0 aromatic heterocycles. The summed E-state index contributed by atoms with van der Waals surface area (Å²) < 4.78 is 23.8. The van der Waals surface area contributed by atoms with E-state index in [1.807, 2.05) is 17.1 Å². The normalized spacial score (nSPS) is 31.4. The van der Waals surface area contributed by atoms with Crippen LogP contribution in [0.15, 0.2) is 65.5 Å². The van der Waals surface area contributed by atoms with Crippen LogP contribution in [-0.4, -0.2) is 117 Å². The lowest BCUT2D eigenvalue weighted by atomic mass is 9.78. The highest BCUT2D eigenvalue weighted by molar-refractivity contribution is 6.23. The van der Waals surface area contributed by atoms with Gasteiger partial charge in [-0.1, -0.05) is 64.1 Å².